The molecule has 0 aromatic carbocycles. The van der Waals surface area contributed by atoms with Gasteiger partial charge in [-0.3, -0.25) is 0 Å². The Labute approximate surface area is 68.6 Å². The smallest absolute Gasteiger partial charge is 0.0641 e. The van der Waals surface area contributed by atoms with Crippen LogP contribution in [0.1, 0.15) is 39.5 Å². The molecular formula is C9H16N2. The Morgan fingerprint density at radius 3 is 2.45 bits per heavy atom. The fourth-order valence-electron chi connectivity index (χ4n) is 1.74. The van der Waals surface area contributed by atoms with Gasteiger partial charge in [-0.25, -0.2) is 0 Å². The first kappa shape index (κ1) is 8.55. The van der Waals surface area contributed by atoms with Crippen molar-refractivity contribution >= 4 is 0 Å². The molecule has 0 heterocycles. The van der Waals surface area contributed by atoms with Crippen LogP contribution in [0.25, 0.3) is 0 Å². The van der Waals surface area contributed by atoms with Crippen molar-refractivity contribution in [2.24, 2.45) is 0 Å². The third-order valence-corrected chi connectivity index (χ3v) is 2.32. The highest BCUT2D eigenvalue weighted by molar-refractivity contribution is 5.02. The maximum absolute atomic E-state index is 8.59. The molecule has 11 heavy (non-hydrogen) atoms. The number of hydrogen-bond donors (Lipinski definition) is 1. The molecule has 0 radical (unpaired) electrons. The van der Waals surface area contributed by atoms with Crippen LogP contribution < -0.4 is 5.32 Å². The molecule has 0 spiro atoms. The highest BCUT2D eigenvalue weighted by atomic mass is 15.0. The first-order valence-corrected chi connectivity index (χ1v) is 4.33. The molecule has 0 aromatic heterocycles. The molecule has 0 aromatic rings. The average Bonchev–Trinajstić information content (AvgIpc) is 1.82. The van der Waals surface area contributed by atoms with Gasteiger partial charge in [0.25, 0.3) is 0 Å². The minimum atomic E-state index is 0.183. The van der Waals surface area contributed by atoms with Gasteiger partial charge >= 0.3 is 0 Å². The van der Waals surface area contributed by atoms with Crippen LogP contribution in [0.15, 0.2) is 0 Å². The summed E-state index contributed by atoms with van der Waals surface area (Å²) in [5.41, 5.74) is 0.183. The summed E-state index contributed by atoms with van der Waals surface area (Å²) in [6, 6.07) is 2.76. The molecule has 0 aliphatic heterocycles. The summed E-state index contributed by atoms with van der Waals surface area (Å²) in [6.07, 6.45) is 4.31. The maximum atomic E-state index is 8.59. The van der Waals surface area contributed by atoms with E-state index < -0.39 is 0 Å². The summed E-state index contributed by atoms with van der Waals surface area (Å²) < 4.78 is 0. The zero-order valence-corrected chi connectivity index (χ0v) is 7.35. The SMILES string of the molecule is CC(C)NC1(CC#N)CCC1. The Morgan fingerprint density at radius 2 is 2.18 bits per heavy atom. The van der Waals surface area contributed by atoms with Gasteiger partial charge in [-0.05, 0) is 19.3 Å². The molecule has 1 aliphatic carbocycles. The molecule has 2 nitrogen and oxygen atoms in total. The zero-order chi connectivity index (χ0) is 8.32. The van der Waals surface area contributed by atoms with E-state index in [2.05, 4.69) is 25.2 Å². The monoisotopic (exact) mass is 152 g/mol. The van der Waals surface area contributed by atoms with Crippen molar-refractivity contribution in [3.63, 3.8) is 0 Å². The largest absolute Gasteiger partial charge is 0.308 e. The summed E-state index contributed by atoms with van der Waals surface area (Å²) >= 11 is 0. The van der Waals surface area contributed by atoms with E-state index in [0.717, 1.165) is 0 Å². The topological polar surface area (TPSA) is 35.8 Å². The zero-order valence-electron chi connectivity index (χ0n) is 7.35. The minimum Gasteiger partial charge on any atom is -0.308 e. The van der Waals surface area contributed by atoms with Crippen molar-refractivity contribution in [1.29, 1.82) is 5.26 Å². The predicted octanol–water partition coefficient (Wildman–Crippen LogP) is 1.82. The van der Waals surface area contributed by atoms with E-state index in [9.17, 15) is 0 Å². The van der Waals surface area contributed by atoms with E-state index in [4.69, 9.17) is 5.26 Å². The van der Waals surface area contributed by atoms with Gasteiger partial charge in [-0.1, -0.05) is 13.8 Å². The summed E-state index contributed by atoms with van der Waals surface area (Å²) in [4.78, 5) is 0. The minimum absolute atomic E-state index is 0.183. The first-order chi connectivity index (χ1) is 5.18. The summed E-state index contributed by atoms with van der Waals surface area (Å²) in [5, 5.41) is 12.1. The number of hydrogen-bond acceptors (Lipinski definition) is 2. The lowest BCUT2D eigenvalue weighted by Crippen LogP contribution is -2.53. The Bertz CT molecular complexity index is 163. The fraction of sp³-hybridized carbons (Fsp3) is 0.889. The second-order valence-corrected chi connectivity index (χ2v) is 3.77. The Hall–Kier alpha value is -0.550. The van der Waals surface area contributed by atoms with E-state index in [1.54, 1.807) is 0 Å². The molecule has 0 bridgehead atoms. The standard InChI is InChI=1S/C9H16N2/c1-8(2)11-9(6-7-10)4-3-5-9/h8,11H,3-6H2,1-2H3. The van der Waals surface area contributed by atoms with E-state index in [0.29, 0.717) is 12.5 Å². The molecule has 1 N–H and O–H groups in total. The van der Waals surface area contributed by atoms with Crippen LogP contribution in [0.4, 0.5) is 0 Å². The number of nitrogens with zero attached hydrogens (tertiary/aromatic N) is 1. The molecule has 1 aliphatic rings. The maximum Gasteiger partial charge on any atom is 0.0641 e. The predicted molar refractivity (Wildman–Crippen MR) is 45.1 cm³/mol. The van der Waals surface area contributed by atoms with Gasteiger partial charge in [-0.2, -0.15) is 5.26 Å². The van der Waals surface area contributed by atoms with Crippen LogP contribution in [0.3, 0.4) is 0 Å². The quantitative estimate of drug-likeness (QED) is 0.669. The van der Waals surface area contributed by atoms with E-state index in [-0.39, 0.29) is 5.54 Å². The fourth-order valence-corrected chi connectivity index (χ4v) is 1.74. The van der Waals surface area contributed by atoms with Gasteiger partial charge < -0.3 is 5.32 Å². The molecule has 1 saturated carbocycles. The van der Waals surface area contributed by atoms with Crippen LogP contribution in [0.5, 0.6) is 0 Å². The van der Waals surface area contributed by atoms with E-state index in [1.807, 2.05) is 0 Å². The second-order valence-electron chi connectivity index (χ2n) is 3.77. The average molecular weight is 152 g/mol. The number of nitriles is 1. The van der Waals surface area contributed by atoms with Gasteiger partial charge in [0.1, 0.15) is 0 Å². The van der Waals surface area contributed by atoms with Crippen LogP contribution in [-0.4, -0.2) is 11.6 Å². The Balaban J connectivity index is 2.41. The Kier molecular flexibility index (Phi) is 2.51. The van der Waals surface area contributed by atoms with Gasteiger partial charge in [0.2, 0.25) is 0 Å². The van der Waals surface area contributed by atoms with E-state index in [1.165, 1.54) is 19.3 Å². The van der Waals surface area contributed by atoms with Crippen molar-refractivity contribution < 1.29 is 0 Å². The van der Waals surface area contributed by atoms with Crippen molar-refractivity contribution in [1.82, 2.24) is 5.32 Å². The van der Waals surface area contributed by atoms with Gasteiger partial charge in [0.05, 0.1) is 12.5 Å². The first-order valence-electron chi connectivity index (χ1n) is 4.33. The summed E-state index contributed by atoms with van der Waals surface area (Å²) in [6.45, 7) is 4.27. The van der Waals surface area contributed by atoms with E-state index >= 15 is 0 Å². The third-order valence-electron chi connectivity index (χ3n) is 2.32. The molecule has 1 fully saturated rings. The van der Waals surface area contributed by atoms with Crippen molar-refractivity contribution in [2.75, 3.05) is 0 Å². The van der Waals surface area contributed by atoms with Crippen LogP contribution in [-0.2, 0) is 0 Å². The molecule has 62 valence electrons. The molecule has 0 atom stereocenters. The van der Waals surface area contributed by atoms with Gasteiger partial charge in [0, 0.05) is 11.6 Å². The normalized spacial score (nSPS) is 20.9. The van der Waals surface area contributed by atoms with Crippen LogP contribution in [0.2, 0.25) is 0 Å². The van der Waals surface area contributed by atoms with Crippen molar-refractivity contribution in [2.45, 2.75) is 51.1 Å². The van der Waals surface area contributed by atoms with Crippen LogP contribution in [0, 0.1) is 11.3 Å². The lowest BCUT2D eigenvalue weighted by Gasteiger charge is -2.42. The lowest BCUT2D eigenvalue weighted by atomic mass is 9.74. The van der Waals surface area contributed by atoms with Gasteiger partial charge in [0.15, 0.2) is 0 Å². The lowest BCUT2D eigenvalue weighted by molar-refractivity contribution is 0.175. The summed E-state index contributed by atoms with van der Waals surface area (Å²) in [5.74, 6) is 0. The van der Waals surface area contributed by atoms with Gasteiger partial charge in [-0.15, -0.1) is 0 Å². The molecule has 2 heteroatoms. The second kappa shape index (κ2) is 3.23. The number of nitrogens with one attached hydrogen (secondary N) is 1. The van der Waals surface area contributed by atoms with Crippen molar-refractivity contribution in [3.8, 4) is 6.07 Å². The Morgan fingerprint density at radius 1 is 1.55 bits per heavy atom. The molecule has 1 rings (SSSR count). The molecule has 0 unspecified atom stereocenters. The van der Waals surface area contributed by atoms with Crippen molar-refractivity contribution in [3.05, 3.63) is 0 Å². The third kappa shape index (κ3) is 1.94. The number of rotatable bonds is 3. The highest BCUT2D eigenvalue weighted by Crippen LogP contribution is 2.34. The summed E-state index contributed by atoms with van der Waals surface area (Å²) in [7, 11) is 0. The van der Waals surface area contributed by atoms with Crippen LogP contribution >= 0.6 is 0 Å². The molecule has 0 saturated heterocycles. The molecular weight excluding hydrogens is 136 g/mol. The molecule has 0 amide bonds. The highest BCUT2D eigenvalue weighted by Gasteiger charge is 2.36.